The summed E-state index contributed by atoms with van der Waals surface area (Å²) in [5, 5.41) is 2.73. The van der Waals surface area contributed by atoms with E-state index in [1.807, 2.05) is 121 Å². The number of carbonyl (C=O) groups excluding carboxylic acids is 3. The molecule has 0 aliphatic carbocycles. The van der Waals surface area contributed by atoms with Crippen LogP contribution in [-0.4, -0.2) is 61.9 Å². The van der Waals surface area contributed by atoms with Gasteiger partial charge < -0.3 is 33.7 Å². The smallest absolute Gasteiger partial charge is 0.407 e. The van der Waals surface area contributed by atoms with Gasteiger partial charge in [0.25, 0.3) is 0 Å². The minimum atomic E-state index is -1.22. The number of benzene rings is 4. The Morgan fingerprint density at radius 3 is 1.63 bits per heavy atom. The Morgan fingerprint density at radius 1 is 0.694 bits per heavy atom. The molecule has 0 bridgehead atoms. The van der Waals surface area contributed by atoms with Crippen molar-refractivity contribution in [2.24, 2.45) is 0 Å². The van der Waals surface area contributed by atoms with Gasteiger partial charge in [0.05, 0.1) is 6.61 Å². The minimum absolute atomic E-state index is 0.00215. The number of alkyl carbamates (subject to hydrolysis) is 1. The van der Waals surface area contributed by atoms with Crippen molar-refractivity contribution in [1.82, 2.24) is 5.32 Å². The van der Waals surface area contributed by atoms with E-state index in [0.717, 1.165) is 22.3 Å². The van der Waals surface area contributed by atoms with E-state index >= 15 is 0 Å². The monoisotopic (exact) mass is 667 g/mol. The van der Waals surface area contributed by atoms with Crippen molar-refractivity contribution in [3.8, 4) is 0 Å². The van der Waals surface area contributed by atoms with Crippen molar-refractivity contribution >= 4 is 18.0 Å². The van der Waals surface area contributed by atoms with E-state index in [1.54, 1.807) is 6.92 Å². The quantitative estimate of drug-likeness (QED) is 0.105. The number of amides is 1. The van der Waals surface area contributed by atoms with Gasteiger partial charge >= 0.3 is 18.0 Å². The van der Waals surface area contributed by atoms with Crippen LogP contribution in [0, 0.1) is 0 Å². The van der Waals surface area contributed by atoms with E-state index in [4.69, 9.17) is 28.4 Å². The number of nitrogens with one attached hydrogen (secondary N) is 1. The van der Waals surface area contributed by atoms with Gasteiger partial charge in [0.15, 0.2) is 18.5 Å². The highest BCUT2D eigenvalue weighted by Gasteiger charge is 2.52. The number of ether oxygens (including phenoxy) is 6. The second-order valence-corrected chi connectivity index (χ2v) is 11.5. The number of hydrogen-bond acceptors (Lipinski definition) is 9. The van der Waals surface area contributed by atoms with Crippen molar-refractivity contribution in [2.75, 3.05) is 13.2 Å². The van der Waals surface area contributed by atoms with Crippen LogP contribution in [0.5, 0.6) is 0 Å². The lowest BCUT2D eigenvalue weighted by Crippen LogP contribution is -2.67. The van der Waals surface area contributed by atoms with Gasteiger partial charge in [0, 0.05) is 20.5 Å². The highest BCUT2D eigenvalue weighted by Crippen LogP contribution is 2.41. The average molecular weight is 668 g/mol. The average Bonchev–Trinajstić information content (AvgIpc) is 3.12. The first-order chi connectivity index (χ1) is 23.8. The van der Waals surface area contributed by atoms with Crippen LogP contribution in [0.2, 0.25) is 0 Å². The Labute approximate surface area is 286 Å². The Bertz CT molecular complexity index is 1540. The molecule has 0 radical (unpaired) electrons. The molecular weight excluding hydrogens is 626 g/mol. The minimum Gasteiger partial charge on any atom is -0.456 e. The SMILES string of the molecule is CCO[C@H]1O[C@H](COC(c2ccccc2)(c2ccccc2)c2ccccc2)[C@@H](OC(C)=O)[C@H](OC(C)=O)[C@H]1NC(=O)OCc1ccccc1. The van der Waals surface area contributed by atoms with Crippen LogP contribution < -0.4 is 5.32 Å². The van der Waals surface area contributed by atoms with Gasteiger partial charge in [-0.3, -0.25) is 9.59 Å². The molecule has 4 aromatic rings. The molecule has 0 spiro atoms. The van der Waals surface area contributed by atoms with Gasteiger partial charge in [-0.05, 0) is 29.2 Å². The van der Waals surface area contributed by atoms with Gasteiger partial charge in [-0.1, -0.05) is 121 Å². The maximum atomic E-state index is 13.1. The zero-order valence-electron chi connectivity index (χ0n) is 27.7. The molecule has 10 nitrogen and oxygen atoms in total. The standard InChI is InChI=1S/C39H41NO9/c1-4-44-37-34(40-38(43)45-25-29-17-9-5-10-18-29)36(48-28(3)42)35(47-27(2)41)33(49-37)26-46-39(30-19-11-6-12-20-30,31-21-13-7-14-22-31)32-23-15-8-16-24-32/h5-24,33-37H,4,25-26H2,1-3H3,(H,40,43)/t33-,34-,35-,36-,37+/m1/s1. The molecule has 1 heterocycles. The van der Waals surface area contributed by atoms with Crippen LogP contribution in [0.1, 0.15) is 43.0 Å². The molecule has 0 unspecified atom stereocenters. The molecule has 4 aromatic carbocycles. The number of carbonyl (C=O) groups is 3. The summed E-state index contributed by atoms with van der Waals surface area (Å²) >= 11 is 0. The second kappa shape index (κ2) is 16.9. The third-order valence-electron chi connectivity index (χ3n) is 8.08. The fraction of sp³-hybridized carbons (Fsp3) is 0.308. The van der Waals surface area contributed by atoms with Gasteiger partial charge in [0.2, 0.25) is 0 Å². The molecule has 1 aliphatic rings. The maximum Gasteiger partial charge on any atom is 0.407 e. The zero-order chi connectivity index (χ0) is 34.6. The number of hydrogen-bond donors (Lipinski definition) is 1. The first-order valence-corrected chi connectivity index (χ1v) is 16.2. The summed E-state index contributed by atoms with van der Waals surface area (Å²) in [5.41, 5.74) is 2.22. The molecule has 1 amide bonds. The van der Waals surface area contributed by atoms with Gasteiger partial charge in [-0.15, -0.1) is 0 Å². The highest BCUT2D eigenvalue weighted by atomic mass is 16.7. The van der Waals surface area contributed by atoms with Crippen LogP contribution in [0.15, 0.2) is 121 Å². The molecule has 1 fully saturated rings. The van der Waals surface area contributed by atoms with Crippen molar-refractivity contribution < 1.29 is 42.8 Å². The molecule has 10 heteroatoms. The molecular formula is C39H41NO9. The molecule has 0 saturated carbocycles. The van der Waals surface area contributed by atoms with Crippen LogP contribution in [0.4, 0.5) is 4.79 Å². The molecule has 5 rings (SSSR count). The number of esters is 2. The highest BCUT2D eigenvalue weighted by molar-refractivity contribution is 5.69. The summed E-state index contributed by atoms with van der Waals surface area (Å²) in [6.45, 7) is 4.31. The zero-order valence-corrected chi connectivity index (χ0v) is 27.7. The molecule has 1 N–H and O–H groups in total. The molecule has 0 aromatic heterocycles. The molecule has 1 saturated heterocycles. The normalized spacial score (nSPS) is 20.5. The van der Waals surface area contributed by atoms with Gasteiger partial charge in [0.1, 0.15) is 24.4 Å². The summed E-state index contributed by atoms with van der Waals surface area (Å²) in [6.07, 6.45) is -5.34. The summed E-state index contributed by atoms with van der Waals surface area (Å²) in [6, 6.07) is 37.4. The van der Waals surface area contributed by atoms with Crippen molar-refractivity contribution in [1.29, 1.82) is 0 Å². The third kappa shape index (κ3) is 8.72. The molecule has 5 atom stereocenters. The van der Waals surface area contributed by atoms with Crippen LogP contribution >= 0.6 is 0 Å². The summed E-state index contributed by atoms with van der Waals surface area (Å²) in [5.74, 6) is -1.30. The van der Waals surface area contributed by atoms with Crippen molar-refractivity contribution in [3.63, 3.8) is 0 Å². The van der Waals surface area contributed by atoms with E-state index in [1.165, 1.54) is 13.8 Å². The van der Waals surface area contributed by atoms with E-state index in [9.17, 15) is 14.4 Å². The Morgan fingerprint density at radius 2 is 1.16 bits per heavy atom. The lowest BCUT2D eigenvalue weighted by Gasteiger charge is -2.46. The van der Waals surface area contributed by atoms with E-state index in [0.29, 0.717) is 0 Å². The predicted molar refractivity (Wildman–Crippen MR) is 180 cm³/mol. The molecule has 1 aliphatic heterocycles. The molecule has 256 valence electrons. The van der Waals surface area contributed by atoms with Crippen LogP contribution in [0.3, 0.4) is 0 Å². The second-order valence-electron chi connectivity index (χ2n) is 11.5. The Kier molecular flexibility index (Phi) is 12.2. The van der Waals surface area contributed by atoms with E-state index in [-0.39, 0.29) is 19.8 Å². The lowest BCUT2D eigenvalue weighted by atomic mass is 9.80. The summed E-state index contributed by atoms with van der Waals surface area (Å²) in [4.78, 5) is 38.1. The maximum absolute atomic E-state index is 13.1. The first-order valence-electron chi connectivity index (χ1n) is 16.2. The fourth-order valence-electron chi connectivity index (χ4n) is 6.04. The molecule has 49 heavy (non-hydrogen) atoms. The third-order valence-corrected chi connectivity index (χ3v) is 8.08. The fourth-order valence-corrected chi connectivity index (χ4v) is 6.04. The largest absolute Gasteiger partial charge is 0.456 e. The van der Waals surface area contributed by atoms with E-state index in [2.05, 4.69) is 5.32 Å². The van der Waals surface area contributed by atoms with Gasteiger partial charge in [-0.25, -0.2) is 4.79 Å². The Balaban J connectivity index is 1.51. The predicted octanol–water partition coefficient (Wildman–Crippen LogP) is 5.91. The summed E-state index contributed by atoms with van der Waals surface area (Å²) in [7, 11) is 0. The summed E-state index contributed by atoms with van der Waals surface area (Å²) < 4.78 is 36.4. The lowest BCUT2D eigenvalue weighted by molar-refractivity contribution is -0.280. The van der Waals surface area contributed by atoms with E-state index < -0.39 is 54.3 Å². The number of rotatable bonds is 13. The van der Waals surface area contributed by atoms with Crippen molar-refractivity contribution in [2.45, 2.75) is 63.6 Å². The first kappa shape index (κ1) is 35.3. The van der Waals surface area contributed by atoms with Crippen LogP contribution in [-0.2, 0) is 50.2 Å². The van der Waals surface area contributed by atoms with Crippen LogP contribution in [0.25, 0.3) is 0 Å². The van der Waals surface area contributed by atoms with Gasteiger partial charge in [-0.2, -0.15) is 0 Å². The topological polar surface area (TPSA) is 119 Å². The Hall–Kier alpha value is -5.03. The van der Waals surface area contributed by atoms with Crippen molar-refractivity contribution in [3.05, 3.63) is 144 Å².